The molecule has 0 radical (unpaired) electrons. The number of hydrogen-bond acceptors (Lipinski definition) is 7. The summed E-state index contributed by atoms with van der Waals surface area (Å²) >= 11 is 1.22. The van der Waals surface area contributed by atoms with Crippen LogP contribution < -0.4 is 20.7 Å². The number of hydrogen-bond donors (Lipinski definition) is 3. The lowest BCUT2D eigenvalue weighted by atomic mass is 9.71. The van der Waals surface area contributed by atoms with Gasteiger partial charge in [0.05, 0.1) is 39.5 Å². The van der Waals surface area contributed by atoms with E-state index in [1.54, 1.807) is 12.1 Å². The summed E-state index contributed by atoms with van der Waals surface area (Å²) in [5.74, 6) is 4.04. The summed E-state index contributed by atoms with van der Waals surface area (Å²) in [4.78, 5) is 14.8. The van der Waals surface area contributed by atoms with Crippen molar-refractivity contribution in [1.29, 1.82) is 0 Å². The molecule has 13 heteroatoms. The van der Waals surface area contributed by atoms with E-state index in [-0.39, 0.29) is 35.2 Å². The van der Waals surface area contributed by atoms with Crippen LogP contribution in [0.5, 0.6) is 5.75 Å². The first-order valence-electron chi connectivity index (χ1n) is 16.2. The van der Waals surface area contributed by atoms with Crippen LogP contribution in [0.25, 0.3) is 10.1 Å². The number of carbonyl (C=O) groups excluding carboxylic acids is 1. The first kappa shape index (κ1) is 34.3. The number of likely N-dealkylation sites (tertiary alicyclic amines) is 1. The molecular weight excluding hydrogens is 651 g/mol. The monoisotopic (exact) mass is 690 g/mol. The van der Waals surface area contributed by atoms with Crippen molar-refractivity contribution in [3.8, 4) is 17.6 Å². The van der Waals surface area contributed by atoms with Gasteiger partial charge in [0.1, 0.15) is 11.6 Å². The van der Waals surface area contributed by atoms with Gasteiger partial charge >= 0.3 is 6.18 Å². The van der Waals surface area contributed by atoms with Crippen LogP contribution in [-0.2, 0) is 11.2 Å². The molecule has 1 saturated carbocycles. The van der Waals surface area contributed by atoms with Crippen LogP contribution in [0.15, 0.2) is 30.3 Å². The van der Waals surface area contributed by atoms with Crippen LogP contribution in [0.3, 0.4) is 0 Å². The predicted octanol–water partition coefficient (Wildman–Crippen LogP) is 7.11. The fourth-order valence-corrected chi connectivity index (χ4v) is 8.37. The SMILES string of the molecule is CNC(=O)c1cc(OCF)c(NCC#Cc2sc3c(NC4CCC(N5CC6(CCOCC6)C5)CC4)cccc3c2CC(F)(F)F)cc1F. The van der Waals surface area contributed by atoms with Crippen molar-refractivity contribution >= 4 is 38.7 Å². The third kappa shape index (κ3) is 7.66. The minimum absolute atomic E-state index is 0.0531. The highest BCUT2D eigenvalue weighted by atomic mass is 32.1. The largest absolute Gasteiger partial charge is 0.461 e. The summed E-state index contributed by atoms with van der Waals surface area (Å²) in [5.41, 5.74) is 1.09. The smallest absolute Gasteiger partial charge is 0.393 e. The second-order valence-electron chi connectivity index (χ2n) is 12.9. The number of amides is 1. The van der Waals surface area contributed by atoms with Crippen molar-refractivity contribution in [2.75, 3.05) is 57.4 Å². The number of thiophene rings is 1. The van der Waals surface area contributed by atoms with Gasteiger partial charge in [-0.05, 0) is 61.6 Å². The molecule has 2 aliphatic heterocycles. The molecule has 1 amide bonds. The third-order valence-corrected chi connectivity index (χ3v) is 10.9. The molecule has 1 aliphatic carbocycles. The fraction of sp³-hybridized carbons (Fsp3) is 0.514. The first-order valence-corrected chi connectivity index (χ1v) is 17.1. The molecule has 6 rings (SSSR count). The lowest BCUT2D eigenvalue weighted by Gasteiger charge is -2.56. The van der Waals surface area contributed by atoms with Gasteiger partial charge in [-0.15, -0.1) is 11.3 Å². The zero-order valence-electron chi connectivity index (χ0n) is 26.7. The minimum Gasteiger partial charge on any atom is -0.461 e. The molecule has 3 N–H and O–H groups in total. The minimum atomic E-state index is -4.44. The van der Waals surface area contributed by atoms with E-state index < -0.39 is 31.2 Å². The Hall–Kier alpha value is -3.60. The van der Waals surface area contributed by atoms with Crippen molar-refractivity contribution in [3.63, 3.8) is 0 Å². The zero-order valence-corrected chi connectivity index (χ0v) is 27.5. The van der Waals surface area contributed by atoms with E-state index in [0.29, 0.717) is 21.7 Å². The van der Waals surface area contributed by atoms with Crippen molar-refractivity contribution in [2.45, 2.75) is 63.2 Å². The Kier molecular flexibility index (Phi) is 10.3. The van der Waals surface area contributed by atoms with Crippen molar-refractivity contribution in [1.82, 2.24) is 10.2 Å². The summed E-state index contributed by atoms with van der Waals surface area (Å²) < 4.78 is 80.0. The lowest BCUT2D eigenvalue weighted by molar-refractivity contribution is -0.126. The number of ether oxygens (including phenoxy) is 2. The predicted molar refractivity (Wildman–Crippen MR) is 177 cm³/mol. The maximum atomic E-state index is 14.6. The van der Waals surface area contributed by atoms with E-state index in [1.165, 1.54) is 18.4 Å². The van der Waals surface area contributed by atoms with Crippen molar-refractivity contribution < 1.29 is 36.2 Å². The van der Waals surface area contributed by atoms with Gasteiger partial charge in [0.15, 0.2) is 0 Å². The number of fused-ring (bicyclic) bond motifs is 1. The molecule has 3 aliphatic rings. The van der Waals surface area contributed by atoms with E-state index >= 15 is 0 Å². The third-order valence-electron chi connectivity index (χ3n) is 9.72. The number of benzene rings is 2. The number of anilines is 2. The van der Waals surface area contributed by atoms with E-state index in [4.69, 9.17) is 9.47 Å². The van der Waals surface area contributed by atoms with Gasteiger partial charge < -0.3 is 25.4 Å². The van der Waals surface area contributed by atoms with Crippen LogP contribution >= 0.6 is 11.3 Å². The van der Waals surface area contributed by atoms with E-state index in [0.717, 1.165) is 87.3 Å². The van der Waals surface area contributed by atoms with Gasteiger partial charge in [0, 0.05) is 56.9 Å². The molecule has 0 bridgehead atoms. The van der Waals surface area contributed by atoms with E-state index in [1.807, 2.05) is 6.07 Å². The molecular formula is C35H39F5N4O3S. The summed E-state index contributed by atoms with van der Waals surface area (Å²) in [6, 6.07) is 8.26. The molecule has 258 valence electrons. The molecule has 3 fully saturated rings. The average molecular weight is 691 g/mol. The maximum Gasteiger partial charge on any atom is 0.393 e. The zero-order chi connectivity index (χ0) is 33.9. The number of carbonyl (C=O) groups is 1. The Labute approximate surface area is 280 Å². The highest BCUT2D eigenvalue weighted by Gasteiger charge is 2.46. The summed E-state index contributed by atoms with van der Waals surface area (Å²) in [6.45, 7) is 2.73. The van der Waals surface area contributed by atoms with Crippen molar-refractivity contribution in [2.24, 2.45) is 5.41 Å². The molecule has 3 aromatic rings. The van der Waals surface area contributed by atoms with Crippen LogP contribution in [0, 0.1) is 23.1 Å². The molecule has 1 spiro atoms. The van der Waals surface area contributed by atoms with E-state index in [9.17, 15) is 26.7 Å². The van der Waals surface area contributed by atoms with Crippen molar-refractivity contribution in [3.05, 3.63) is 52.2 Å². The molecule has 0 atom stereocenters. The average Bonchev–Trinajstić information content (AvgIpc) is 3.40. The highest BCUT2D eigenvalue weighted by Crippen LogP contribution is 2.44. The number of rotatable bonds is 9. The molecule has 3 heterocycles. The van der Waals surface area contributed by atoms with Crippen LogP contribution in [0.1, 0.15) is 59.3 Å². The van der Waals surface area contributed by atoms with Gasteiger partial charge in [-0.25, -0.2) is 8.78 Å². The Morgan fingerprint density at radius 2 is 1.88 bits per heavy atom. The summed E-state index contributed by atoms with van der Waals surface area (Å²) in [6.07, 6.45) is 0.895. The topological polar surface area (TPSA) is 74.9 Å². The Morgan fingerprint density at radius 3 is 2.56 bits per heavy atom. The summed E-state index contributed by atoms with van der Waals surface area (Å²) in [5, 5.41) is 9.27. The molecule has 2 saturated heterocycles. The van der Waals surface area contributed by atoms with Crippen LogP contribution in [0.2, 0.25) is 0 Å². The number of alkyl halides is 4. The second-order valence-corrected chi connectivity index (χ2v) is 13.9. The first-order chi connectivity index (χ1) is 23.1. The van der Waals surface area contributed by atoms with Gasteiger partial charge in [0.25, 0.3) is 5.91 Å². The summed E-state index contributed by atoms with van der Waals surface area (Å²) in [7, 11) is 1.33. The Morgan fingerprint density at radius 1 is 1.12 bits per heavy atom. The lowest BCUT2D eigenvalue weighted by Crippen LogP contribution is -2.62. The van der Waals surface area contributed by atoms with Gasteiger partial charge in [-0.3, -0.25) is 9.69 Å². The van der Waals surface area contributed by atoms with Crippen LogP contribution in [-0.4, -0.2) is 75.8 Å². The second kappa shape index (κ2) is 14.5. The fourth-order valence-electron chi connectivity index (χ4n) is 7.20. The van der Waals surface area contributed by atoms with Gasteiger partial charge in [-0.2, -0.15) is 13.2 Å². The van der Waals surface area contributed by atoms with E-state index in [2.05, 4.69) is 32.7 Å². The van der Waals surface area contributed by atoms with Gasteiger partial charge in [-0.1, -0.05) is 24.0 Å². The normalized spacial score (nSPS) is 20.9. The number of halogens is 5. The highest BCUT2D eigenvalue weighted by molar-refractivity contribution is 7.20. The number of nitrogens with zero attached hydrogens (tertiary/aromatic N) is 1. The standard InChI is InChI=1S/C35H39F5N4O3S/c1-41-33(45)25-16-30(47-21-36)29(17-27(25)37)42-13-3-6-31-26(18-35(38,39)40)24-4-2-5-28(32(24)48-31)43-22-7-9-23(10-8-22)44-19-34(20-44)11-14-46-15-12-34/h2,4-5,16-17,22-23,42-43H,7-15,18-21H2,1H3,(H,41,45). The molecule has 2 aromatic carbocycles. The number of nitrogens with one attached hydrogen (secondary N) is 3. The molecule has 48 heavy (non-hydrogen) atoms. The molecule has 0 unspecified atom stereocenters. The maximum absolute atomic E-state index is 14.6. The molecule has 7 nitrogen and oxygen atoms in total. The quantitative estimate of drug-likeness (QED) is 0.164. The van der Waals surface area contributed by atoms with Crippen LogP contribution in [0.4, 0.5) is 33.3 Å². The van der Waals surface area contributed by atoms with Gasteiger partial charge in [0.2, 0.25) is 6.86 Å². The molecule has 1 aromatic heterocycles. The Balaban J connectivity index is 1.15. The Bertz CT molecular complexity index is 1680.